The average Bonchev–Trinajstić information content (AvgIpc) is 3.47. The van der Waals surface area contributed by atoms with Crippen molar-refractivity contribution in [2.45, 2.75) is 17.4 Å². The predicted octanol–water partition coefficient (Wildman–Crippen LogP) is 3.48. The van der Waals surface area contributed by atoms with Gasteiger partial charge in [-0.25, -0.2) is 14.4 Å². The van der Waals surface area contributed by atoms with E-state index in [-0.39, 0.29) is 17.8 Å². The number of nitrogens with zero attached hydrogens (tertiary/aromatic N) is 3. The summed E-state index contributed by atoms with van der Waals surface area (Å²) in [6, 6.07) is 11.7. The molecule has 9 heteroatoms. The Morgan fingerprint density at radius 2 is 2.00 bits per heavy atom. The average molecular weight is 465 g/mol. The van der Waals surface area contributed by atoms with Crippen molar-refractivity contribution >= 4 is 27.6 Å². The number of amides is 1. The number of carbonyl (C=O) groups is 1. The molecule has 1 N–H and O–H groups in total. The molecule has 2 atom stereocenters. The first-order chi connectivity index (χ1) is 16.0. The molecule has 3 heterocycles. The van der Waals surface area contributed by atoms with Crippen LogP contribution in [0.4, 0.5) is 4.39 Å². The highest BCUT2D eigenvalue weighted by atomic mass is 32.2. The van der Waals surface area contributed by atoms with Crippen molar-refractivity contribution < 1.29 is 18.1 Å². The summed E-state index contributed by atoms with van der Waals surface area (Å²) in [6.07, 6.45) is 7.19. The van der Waals surface area contributed by atoms with Crippen molar-refractivity contribution in [3.63, 3.8) is 0 Å². The highest BCUT2D eigenvalue weighted by molar-refractivity contribution is 7.84. The third-order valence-corrected chi connectivity index (χ3v) is 6.59. The highest BCUT2D eigenvalue weighted by Gasteiger charge is 2.21. The zero-order valence-corrected chi connectivity index (χ0v) is 18.6. The number of rotatable bonds is 5. The van der Waals surface area contributed by atoms with E-state index in [9.17, 15) is 13.4 Å². The molecule has 2 unspecified atom stereocenters. The van der Waals surface area contributed by atoms with Gasteiger partial charge in [0.1, 0.15) is 5.82 Å². The Balaban J connectivity index is 1.54. The summed E-state index contributed by atoms with van der Waals surface area (Å²) in [5, 5.41) is 3.73. The summed E-state index contributed by atoms with van der Waals surface area (Å²) in [5.41, 5.74) is 2.09. The van der Waals surface area contributed by atoms with E-state index in [1.165, 1.54) is 6.07 Å². The smallest absolute Gasteiger partial charge is 0.251 e. The van der Waals surface area contributed by atoms with E-state index in [4.69, 9.17) is 4.74 Å². The van der Waals surface area contributed by atoms with E-state index in [1.807, 2.05) is 0 Å². The molecule has 7 nitrogen and oxygen atoms in total. The van der Waals surface area contributed by atoms with E-state index in [0.29, 0.717) is 46.3 Å². The molecule has 1 aliphatic heterocycles. The van der Waals surface area contributed by atoms with Gasteiger partial charge in [-0.3, -0.25) is 13.6 Å². The topological polar surface area (TPSA) is 86.1 Å². The molecule has 0 spiro atoms. The Morgan fingerprint density at radius 3 is 2.70 bits per heavy atom. The van der Waals surface area contributed by atoms with Gasteiger partial charge in [0.2, 0.25) is 5.95 Å². The van der Waals surface area contributed by atoms with Gasteiger partial charge in [-0.2, -0.15) is 0 Å². The van der Waals surface area contributed by atoms with Crippen molar-refractivity contribution in [3.8, 4) is 17.1 Å². The summed E-state index contributed by atoms with van der Waals surface area (Å²) < 4.78 is 33.5. The molecule has 0 saturated carbocycles. The number of hydrogen-bond donors (Lipinski definition) is 1. The number of hydrogen-bond acceptors (Lipinski definition) is 5. The maximum Gasteiger partial charge on any atom is 0.251 e. The minimum Gasteiger partial charge on any atom is -0.379 e. The Labute approximate surface area is 192 Å². The molecule has 1 aliphatic rings. The Kier molecular flexibility index (Phi) is 5.74. The first-order valence-electron chi connectivity index (χ1n) is 10.5. The third-order valence-electron chi connectivity index (χ3n) is 5.64. The summed E-state index contributed by atoms with van der Waals surface area (Å²) in [7, 11) is -1.26. The SMILES string of the molecule is CS(=O)c1cn(-c2ncc(-c3ccccc3F)cn2)c2cc(C(=O)NC3CCOC3)ccc12. The first kappa shape index (κ1) is 21.4. The van der Waals surface area contributed by atoms with E-state index in [1.54, 1.807) is 65.8 Å². The van der Waals surface area contributed by atoms with Crippen molar-refractivity contribution in [2.24, 2.45) is 0 Å². The monoisotopic (exact) mass is 464 g/mol. The number of ether oxygens (including phenoxy) is 1. The maximum atomic E-state index is 14.1. The number of fused-ring (bicyclic) bond motifs is 1. The lowest BCUT2D eigenvalue weighted by Crippen LogP contribution is -2.34. The zero-order chi connectivity index (χ0) is 22.9. The number of nitrogens with one attached hydrogen (secondary N) is 1. The zero-order valence-electron chi connectivity index (χ0n) is 17.8. The lowest BCUT2D eigenvalue weighted by molar-refractivity contribution is 0.0930. The molecule has 33 heavy (non-hydrogen) atoms. The van der Waals surface area contributed by atoms with Crippen molar-refractivity contribution in [2.75, 3.05) is 19.5 Å². The van der Waals surface area contributed by atoms with Crippen LogP contribution in [-0.2, 0) is 15.5 Å². The quantitative estimate of drug-likeness (QED) is 0.489. The summed E-state index contributed by atoms with van der Waals surface area (Å²) in [4.78, 5) is 22.2. The van der Waals surface area contributed by atoms with Crippen LogP contribution < -0.4 is 5.32 Å². The van der Waals surface area contributed by atoms with Crippen molar-refractivity contribution in [1.82, 2.24) is 19.9 Å². The Hall–Kier alpha value is -3.43. The second kappa shape index (κ2) is 8.84. The molecule has 0 radical (unpaired) electrons. The molecule has 2 aromatic carbocycles. The third kappa shape index (κ3) is 4.17. The Morgan fingerprint density at radius 1 is 1.21 bits per heavy atom. The number of benzene rings is 2. The lowest BCUT2D eigenvalue weighted by atomic mass is 10.1. The normalized spacial score (nSPS) is 16.7. The van der Waals surface area contributed by atoms with Crippen LogP contribution in [0, 0.1) is 5.82 Å². The fraction of sp³-hybridized carbons (Fsp3) is 0.208. The van der Waals surface area contributed by atoms with Gasteiger partial charge in [-0.1, -0.05) is 24.3 Å². The highest BCUT2D eigenvalue weighted by Crippen LogP contribution is 2.28. The number of halogens is 1. The van der Waals surface area contributed by atoms with Crippen molar-refractivity contribution in [1.29, 1.82) is 0 Å². The lowest BCUT2D eigenvalue weighted by Gasteiger charge is -2.11. The first-order valence-corrected chi connectivity index (χ1v) is 12.0. The molecular weight excluding hydrogens is 443 g/mol. The molecular formula is C24H21FN4O3S. The van der Waals surface area contributed by atoms with Crippen LogP contribution in [0.3, 0.4) is 0 Å². The van der Waals surface area contributed by atoms with Gasteiger partial charge < -0.3 is 10.1 Å². The van der Waals surface area contributed by atoms with E-state index < -0.39 is 10.8 Å². The molecule has 1 amide bonds. The van der Waals surface area contributed by atoms with Crippen LogP contribution in [0.2, 0.25) is 0 Å². The summed E-state index contributed by atoms with van der Waals surface area (Å²) >= 11 is 0. The predicted molar refractivity (Wildman–Crippen MR) is 123 cm³/mol. The van der Waals surface area contributed by atoms with E-state index >= 15 is 0 Å². The van der Waals surface area contributed by atoms with Crippen LogP contribution in [0.15, 0.2) is 66.0 Å². The molecule has 5 rings (SSSR count). The largest absolute Gasteiger partial charge is 0.379 e. The van der Waals surface area contributed by atoms with Crippen LogP contribution in [0.1, 0.15) is 16.8 Å². The van der Waals surface area contributed by atoms with Gasteiger partial charge in [0.15, 0.2) is 0 Å². The van der Waals surface area contributed by atoms with Gasteiger partial charge in [0.05, 0.1) is 33.9 Å². The van der Waals surface area contributed by atoms with Crippen LogP contribution >= 0.6 is 0 Å². The maximum absolute atomic E-state index is 14.1. The second-order valence-corrected chi connectivity index (χ2v) is 9.18. The minimum atomic E-state index is -1.26. The minimum absolute atomic E-state index is 0.00653. The molecule has 1 fully saturated rings. The molecule has 2 aromatic heterocycles. The fourth-order valence-corrected chi connectivity index (χ4v) is 4.66. The van der Waals surface area contributed by atoms with Crippen LogP contribution in [0.25, 0.3) is 28.0 Å². The van der Waals surface area contributed by atoms with Gasteiger partial charge in [-0.05, 0) is 24.6 Å². The molecule has 168 valence electrons. The molecule has 0 bridgehead atoms. The fourth-order valence-electron chi connectivity index (χ4n) is 3.93. The number of aromatic nitrogens is 3. The van der Waals surface area contributed by atoms with Crippen molar-refractivity contribution in [3.05, 3.63) is 72.4 Å². The number of carbonyl (C=O) groups excluding carboxylic acids is 1. The Bertz CT molecular complexity index is 1360. The molecule has 4 aromatic rings. The second-order valence-electron chi connectivity index (χ2n) is 7.83. The summed E-state index contributed by atoms with van der Waals surface area (Å²) in [6.45, 7) is 1.14. The van der Waals surface area contributed by atoms with E-state index in [0.717, 1.165) is 11.8 Å². The van der Waals surface area contributed by atoms with Gasteiger partial charge in [0, 0.05) is 53.5 Å². The van der Waals surface area contributed by atoms with Gasteiger partial charge >= 0.3 is 0 Å². The molecule has 0 aliphatic carbocycles. The van der Waals surface area contributed by atoms with E-state index in [2.05, 4.69) is 15.3 Å². The molecule has 1 saturated heterocycles. The summed E-state index contributed by atoms with van der Waals surface area (Å²) in [5.74, 6) is -0.221. The van der Waals surface area contributed by atoms with Gasteiger partial charge in [-0.15, -0.1) is 0 Å². The van der Waals surface area contributed by atoms with Gasteiger partial charge in [0.25, 0.3) is 5.91 Å². The standard InChI is InChI=1S/C24H21FN4O3S/c1-33(31)22-13-29(24-26-11-16(12-27-24)18-4-2-3-5-20(18)25)21-10-15(6-7-19(21)22)23(30)28-17-8-9-32-14-17/h2-7,10-13,17H,8-9,14H2,1H3,(H,28,30). The van der Waals surface area contributed by atoms with Crippen LogP contribution in [-0.4, -0.2) is 50.2 Å². The van der Waals surface area contributed by atoms with Crippen LogP contribution in [0.5, 0.6) is 0 Å².